The number of halogens is 2. The lowest BCUT2D eigenvalue weighted by Gasteiger charge is -2.28. The Bertz CT molecular complexity index is 1200. The molecule has 1 fully saturated rings. The van der Waals surface area contributed by atoms with Gasteiger partial charge in [0.15, 0.2) is 0 Å². The summed E-state index contributed by atoms with van der Waals surface area (Å²) < 4.78 is 36.8. The molecule has 0 atom stereocenters. The van der Waals surface area contributed by atoms with E-state index in [4.69, 9.17) is 4.74 Å². The second-order valence-corrected chi connectivity index (χ2v) is 7.61. The third-order valence-corrected chi connectivity index (χ3v) is 5.71. The van der Waals surface area contributed by atoms with Crippen molar-refractivity contribution in [1.29, 1.82) is 0 Å². The number of methoxy groups -OCH3 is 1. The van der Waals surface area contributed by atoms with Crippen LogP contribution in [0.1, 0.15) is 25.7 Å². The molecule has 4 aromatic rings. The number of anilines is 1. The molecule has 162 valence electrons. The summed E-state index contributed by atoms with van der Waals surface area (Å²) >= 11 is 0. The topological polar surface area (TPSA) is 89.4 Å². The van der Waals surface area contributed by atoms with E-state index in [2.05, 4.69) is 30.1 Å². The predicted molar refractivity (Wildman–Crippen MR) is 111 cm³/mol. The molecule has 2 N–H and O–H groups in total. The third-order valence-electron chi connectivity index (χ3n) is 5.71. The highest BCUT2D eigenvalue weighted by atomic mass is 19.3. The number of pyridine rings is 1. The van der Waals surface area contributed by atoms with Crippen LogP contribution in [-0.4, -0.2) is 50.4 Å². The number of nitrogens with one attached hydrogen (secondary N) is 2. The first kappa shape index (κ1) is 19.7. The summed E-state index contributed by atoms with van der Waals surface area (Å²) in [7, 11) is 1.58. The van der Waals surface area contributed by atoms with Gasteiger partial charge in [-0.05, 0) is 49.4 Å². The zero-order chi connectivity index (χ0) is 21.4. The van der Waals surface area contributed by atoms with Crippen LogP contribution in [0.4, 0.5) is 14.7 Å². The second kappa shape index (κ2) is 8.10. The Morgan fingerprint density at radius 2 is 2.03 bits per heavy atom. The predicted octanol–water partition coefficient (Wildman–Crippen LogP) is 4.24. The minimum absolute atomic E-state index is 0.0957. The Kier molecular flexibility index (Phi) is 5.14. The van der Waals surface area contributed by atoms with Gasteiger partial charge in [-0.3, -0.25) is 0 Å². The van der Waals surface area contributed by atoms with E-state index in [-0.39, 0.29) is 6.04 Å². The molecule has 8 nitrogen and oxygen atoms in total. The van der Waals surface area contributed by atoms with Gasteiger partial charge in [0.1, 0.15) is 5.65 Å². The lowest BCUT2D eigenvalue weighted by atomic mass is 9.93. The molecule has 0 aromatic carbocycles. The molecule has 31 heavy (non-hydrogen) atoms. The van der Waals surface area contributed by atoms with E-state index in [1.807, 2.05) is 30.6 Å². The number of ether oxygens (including phenoxy) is 2. The number of hydrogen-bond acceptors (Lipinski definition) is 6. The molecular weight excluding hydrogens is 406 g/mol. The Labute approximate surface area is 176 Å². The Hall–Kier alpha value is -3.27. The lowest BCUT2D eigenvalue weighted by Crippen LogP contribution is -2.31. The van der Waals surface area contributed by atoms with E-state index >= 15 is 0 Å². The van der Waals surface area contributed by atoms with Gasteiger partial charge in [-0.2, -0.15) is 23.8 Å². The van der Waals surface area contributed by atoms with Gasteiger partial charge in [-0.1, -0.05) is 0 Å². The highest BCUT2D eigenvalue weighted by Crippen LogP contribution is 2.35. The molecule has 0 radical (unpaired) electrons. The standard InChI is InChI=1S/C21H22F2N6O2/c1-30-19-17-16(12-7-9-29-14(10-12)6-8-25-29)11-24-18(17)27-21(28-19)26-13-2-4-15(5-3-13)31-20(22)23/h6-11,13,15,20H,2-5H2,1H3,(H2,24,26,27,28)/t13-,15+. The van der Waals surface area contributed by atoms with Crippen molar-refractivity contribution in [2.45, 2.75) is 44.4 Å². The molecule has 5 rings (SSSR count). The number of hydrogen-bond donors (Lipinski definition) is 2. The van der Waals surface area contributed by atoms with Crippen LogP contribution in [0.15, 0.2) is 36.8 Å². The number of aromatic amines is 1. The van der Waals surface area contributed by atoms with Crippen LogP contribution in [0, 0.1) is 0 Å². The first-order valence-corrected chi connectivity index (χ1v) is 10.2. The molecule has 0 bridgehead atoms. The van der Waals surface area contributed by atoms with Crippen LogP contribution < -0.4 is 10.1 Å². The van der Waals surface area contributed by atoms with Crippen LogP contribution in [0.3, 0.4) is 0 Å². The van der Waals surface area contributed by atoms with E-state index in [0.717, 1.165) is 22.0 Å². The molecule has 0 saturated heterocycles. The molecule has 1 aliphatic rings. The molecule has 1 aliphatic carbocycles. The minimum atomic E-state index is -2.72. The van der Waals surface area contributed by atoms with Gasteiger partial charge >= 0.3 is 6.61 Å². The van der Waals surface area contributed by atoms with Crippen molar-refractivity contribution in [3.63, 3.8) is 0 Å². The monoisotopic (exact) mass is 428 g/mol. The van der Waals surface area contributed by atoms with Gasteiger partial charge in [0.05, 0.1) is 24.1 Å². The molecule has 1 saturated carbocycles. The van der Waals surface area contributed by atoms with Gasteiger partial charge in [-0.25, -0.2) is 4.52 Å². The lowest BCUT2D eigenvalue weighted by molar-refractivity contribution is -0.169. The van der Waals surface area contributed by atoms with Crippen LogP contribution in [-0.2, 0) is 4.74 Å². The first-order chi connectivity index (χ1) is 15.1. The van der Waals surface area contributed by atoms with Gasteiger partial charge in [0, 0.05) is 30.2 Å². The quantitative estimate of drug-likeness (QED) is 0.477. The van der Waals surface area contributed by atoms with Crippen molar-refractivity contribution >= 4 is 22.5 Å². The van der Waals surface area contributed by atoms with Crippen molar-refractivity contribution in [3.05, 3.63) is 36.8 Å². The summed E-state index contributed by atoms with van der Waals surface area (Å²) in [6.07, 6.45) is 7.72. The van der Waals surface area contributed by atoms with E-state index < -0.39 is 12.7 Å². The fourth-order valence-electron chi connectivity index (χ4n) is 4.20. The van der Waals surface area contributed by atoms with E-state index in [1.165, 1.54) is 0 Å². The molecule has 10 heteroatoms. The van der Waals surface area contributed by atoms with Crippen molar-refractivity contribution < 1.29 is 18.3 Å². The fraction of sp³-hybridized carbons (Fsp3) is 0.381. The average Bonchev–Trinajstić information content (AvgIpc) is 3.40. The number of nitrogens with zero attached hydrogens (tertiary/aromatic N) is 4. The summed E-state index contributed by atoms with van der Waals surface area (Å²) in [6, 6.07) is 6.06. The molecule has 0 unspecified atom stereocenters. The number of rotatable bonds is 6. The normalized spacial score (nSPS) is 19.4. The minimum Gasteiger partial charge on any atom is -0.480 e. The zero-order valence-corrected chi connectivity index (χ0v) is 16.9. The summed E-state index contributed by atoms with van der Waals surface area (Å²) in [4.78, 5) is 12.4. The van der Waals surface area contributed by atoms with Crippen LogP contribution in [0.2, 0.25) is 0 Å². The van der Waals surface area contributed by atoms with E-state index in [0.29, 0.717) is 43.2 Å². The van der Waals surface area contributed by atoms with Gasteiger partial charge in [0.25, 0.3) is 0 Å². The van der Waals surface area contributed by atoms with Gasteiger partial charge in [0.2, 0.25) is 11.8 Å². The van der Waals surface area contributed by atoms with Crippen LogP contribution >= 0.6 is 0 Å². The van der Waals surface area contributed by atoms with E-state index in [1.54, 1.807) is 17.8 Å². The molecule has 0 amide bonds. The number of fused-ring (bicyclic) bond motifs is 2. The van der Waals surface area contributed by atoms with Gasteiger partial charge < -0.3 is 19.8 Å². The van der Waals surface area contributed by atoms with Crippen molar-refractivity contribution in [2.75, 3.05) is 12.4 Å². The summed E-state index contributed by atoms with van der Waals surface area (Å²) in [6.45, 7) is -2.72. The largest absolute Gasteiger partial charge is 0.480 e. The SMILES string of the molecule is COc1nc(N[C@H]2CC[C@@H](OC(F)F)CC2)nc2[nH]cc(-c3ccn4nccc4c3)c12. The maximum atomic E-state index is 12.4. The number of alkyl halides is 2. The van der Waals surface area contributed by atoms with Crippen molar-refractivity contribution in [2.24, 2.45) is 0 Å². The highest BCUT2D eigenvalue weighted by molar-refractivity contribution is 5.98. The van der Waals surface area contributed by atoms with Gasteiger partial charge in [-0.15, -0.1) is 0 Å². The summed E-state index contributed by atoms with van der Waals surface area (Å²) in [5.74, 6) is 0.911. The molecule has 0 aliphatic heterocycles. The zero-order valence-electron chi connectivity index (χ0n) is 16.9. The Morgan fingerprint density at radius 1 is 1.19 bits per heavy atom. The number of H-pyrrole nitrogens is 1. The number of aromatic nitrogens is 5. The molecule has 4 aromatic heterocycles. The Morgan fingerprint density at radius 3 is 2.81 bits per heavy atom. The van der Waals surface area contributed by atoms with Crippen molar-refractivity contribution in [3.8, 4) is 17.0 Å². The molecule has 0 spiro atoms. The second-order valence-electron chi connectivity index (χ2n) is 7.61. The van der Waals surface area contributed by atoms with E-state index in [9.17, 15) is 8.78 Å². The fourth-order valence-corrected chi connectivity index (χ4v) is 4.20. The first-order valence-electron chi connectivity index (χ1n) is 10.2. The van der Waals surface area contributed by atoms with Crippen LogP contribution in [0.25, 0.3) is 27.7 Å². The summed E-state index contributed by atoms with van der Waals surface area (Å²) in [5, 5.41) is 8.34. The molecule has 4 heterocycles. The summed E-state index contributed by atoms with van der Waals surface area (Å²) in [5.41, 5.74) is 3.58. The highest BCUT2D eigenvalue weighted by Gasteiger charge is 2.25. The smallest absolute Gasteiger partial charge is 0.345 e. The molecular formula is C21H22F2N6O2. The Balaban J connectivity index is 1.39. The third kappa shape index (κ3) is 3.90. The average molecular weight is 428 g/mol. The maximum absolute atomic E-state index is 12.4. The van der Waals surface area contributed by atoms with Crippen molar-refractivity contribution in [1.82, 2.24) is 24.6 Å². The maximum Gasteiger partial charge on any atom is 0.345 e. The van der Waals surface area contributed by atoms with Crippen LogP contribution in [0.5, 0.6) is 5.88 Å².